The Morgan fingerprint density at radius 1 is 0.958 bits per heavy atom. The Hall–Kier alpha value is -2.10. The van der Waals surface area contributed by atoms with Crippen molar-refractivity contribution >= 4 is 39.6 Å². The Morgan fingerprint density at radius 3 is 2.46 bits per heavy atom. The van der Waals surface area contributed by atoms with Crippen LogP contribution in [0.5, 0.6) is 0 Å². The molecule has 4 aromatic rings. The minimum Gasteiger partial charge on any atom is -0.218 e. The van der Waals surface area contributed by atoms with Crippen molar-refractivity contribution in [2.45, 2.75) is 20.3 Å². The summed E-state index contributed by atoms with van der Waals surface area (Å²) in [7, 11) is 0. The molecule has 2 aromatic carbocycles. The molecule has 3 nitrogen and oxygen atoms in total. The van der Waals surface area contributed by atoms with E-state index in [4.69, 9.17) is 23.2 Å². The third kappa shape index (κ3) is 3.23. The lowest BCUT2D eigenvalue weighted by atomic mass is 10.1. The number of rotatable bonds is 2. The second-order valence-corrected chi connectivity index (χ2v) is 5.91. The van der Waals surface area contributed by atoms with Crippen LogP contribution in [0.15, 0.2) is 54.6 Å². The molecule has 24 heavy (non-hydrogen) atoms. The molecule has 2 aromatic heterocycles. The maximum atomic E-state index is 6.25. The van der Waals surface area contributed by atoms with Crippen LogP contribution in [0.2, 0.25) is 10.3 Å². The SMILES string of the molecule is CC.Clc1ccc2nc(Cl)n3nc(Cc4ccccc4)cc3c2c1. The zero-order valence-electron chi connectivity index (χ0n) is 13.5. The Bertz CT molecular complexity index is 978. The summed E-state index contributed by atoms with van der Waals surface area (Å²) in [6.07, 6.45) is 0.751. The van der Waals surface area contributed by atoms with Crippen LogP contribution in [0, 0.1) is 0 Å². The van der Waals surface area contributed by atoms with Crippen molar-refractivity contribution < 1.29 is 0 Å². The predicted molar refractivity (Wildman–Crippen MR) is 101 cm³/mol. The monoisotopic (exact) mass is 357 g/mol. The van der Waals surface area contributed by atoms with Gasteiger partial charge in [0.25, 0.3) is 0 Å². The van der Waals surface area contributed by atoms with Crippen LogP contribution in [0.1, 0.15) is 25.1 Å². The van der Waals surface area contributed by atoms with Gasteiger partial charge in [-0.2, -0.15) is 5.10 Å². The fourth-order valence-electron chi connectivity index (χ4n) is 2.61. The van der Waals surface area contributed by atoms with Gasteiger partial charge in [0.2, 0.25) is 5.28 Å². The van der Waals surface area contributed by atoms with Crippen LogP contribution in [0.3, 0.4) is 0 Å². The van der Waals surface area contributed by atoms with Gasteiger partial charge in [-0.1, -0.05) is 55.8 Å². The molecule has 0 bridgehead atoms. The van der Waals surface area contributed by atoms with Gasteiger partial charge in [0.1, 0.15) is 0 Å². The molecule has 0 fully saturated rings. The third-order valence-electron chi connectivity index (χ3n) is 3.61. The maximum absolute atomic E-state index is 6.25. The van der Waals surface area contributed by atoms with Gasteiger partial charge in [0.15, 0.2) is 0 Å². The molecular weight excluding hydrogens is 341 g/mol. The topological polar surface area (TPSA) is 30.2 Å². The summed E-state index contributed by atoms with van der Waals surface area (Å²) < 4.78 is 1.67. The molecule has 0 aliphatic rings. The second-order valence-electron chi connectivity index (χ2n) is 5.14. The van der Waals surface area contributed by atoms with E-state index in [9.17, 15) is 0 Å². The van der Waals surface area contributed by atoms with Crippen LogP contribution < -0.4 is 0 Å². The highest BCUT2D eigenvalue weighted by Gasteiger charge is 2.11. The molecule has 122 valence electrons. The summed E-state index contributed by atoms with van der Waals surface area (Å²) >= 11 is 12.4. The molecule has 0 unspecified atom stereocenters. The zero-order valence-corrected chi connectivity index (χ0v) is 15.0. The van der Waals surface area contributed by atoms with Gasteiger partial charge in [0.05, 0.1) is 16.7 Å². The number of nitrogens with zero attached hydrogens (tertiary/aromatic N) is 3. The Balaban J connectivity index is 0.000000815. The molecule has 0 aliphatic carbocycles. The van der Waals surface area contributed by atoms with Crippen LogP contribution in [-0.4, -0.2) is 14.6 Å². The summed E-state index contributed by atoms with van der Waals surface area (Å²) in [5.41, 5.74) is 3.89. The minimum absolute atomic E-state index is 0.351. The van der Waals surface area contributed by atoms with Crippen molar-refractivity contribution in [2.75, 3.05) is 0 Å². The quantitative estimate of drug-likeness (QED) is 0.424. The molecule has 0 radical (unpaired) electrons. The highest BCUT2D eigenvalue weighted by molar-refractivity contribution is 6.32. The molecule has 5 heteroatoms. The van der Waals surface area contributed by atoms with Gasteiger partial charge >= 0.3 is 0 Å². The first-order chi connectivity index (χ1) is 11.7. The van der Waals surface area contributed by atoms with Crippen molar-refractivity contribution in [2.24, 2.45) is 0 Å². The van der Waals surface area contributed by atoms with E-state index in [1.54, 1.807) is 4.52 Å². The first-order valence-corrected chi connectivity index (χ1v) is 8.64. The lowest BCUT2D eigenvalue weighted by Gasteiger charge is -2.02. The van der Waals surface area contributed by atoms with Gasteiger partial charge in [-0.3, -0.25) is 0 Å². The minimum atomic E-state index is 0.351. The number of fused-ring (bicyclic) bond motifs is 3. The average molecular weight is 358 g/mol. The highest BCUT2D eigenvalue weighted by atomic mass is 35.5. The van der Waals surface area contributed by atoms with Crippen molar-refractivity contribution in [3.8, 4) is 0 Å². The van der Waals surface area contributed by atoms with Crippen molar-refractivity contribution in [1.29, 1.82) is 0 Å². The summed E-state index contributed by atoms with van der Waals surface area (Å²) in [6.45, 7) is 4.00. The molecule has 2 heterocycles. The average Bonchev–Trinajstić information content (AvgIpc) is 3.03. The van der Waals surface area contributed by atoms with Gasteiger partial charge in [0, 0.05) is 16.8 Å². The van der Waals surface area contributed by atoms with E-state index in [1.165, 1.54) is 5.56 Å². The molecule has 0 N–H and O–H groups in total. The molecule has 0 atom stereocenters. The number of aromatic nitrogens is 3. The molecule has 0 amide bonds. The lowest BCUT2D eigenvalue weighted by molar-refractivity contribution is 0.892. The highest BCUT2D eigenvalue weighted by Crippen LogP contribution is 2.26. The molecule has 0 saturated heterocycles. The van der Waals surface area contributed by atoms with Gasteiger partial charge < -0.3 is 0 Å². The predicted octanol–water partition coefficient (Wildman–Crippen LogP) is 5.81. The largest absolute Gasteiger partial charge is 0.224 e. The van der Waals surface area contributed by atoms with E-state index >= 15 is 0 Å². The fourth-order valence-corrected chi connectivity index (χ4v) is 3.00. The van der Waals surface area contributed by atoms with Gasteiger partial charge in [-0.25, -0.2) is 9.50 Å². The fraction of sp³-hybridized carbons (Fsp3) is 0.158. The number of hydrogen-bond donors (Lipinski definition) is 0. The summed E-state index contributed by atoms with van der Waals surface area (Å²) in [4.78, 5) is 4.37. The van der Waals surface area contributed by atoms with Crippen LogP contribution in [-0.2, 0) is 6.42 Å². The summed E-state index contributed by atoms with van der Waals surface area (Å²) in [5.74, 6) is 0. The van der Waals surface area contributed by atoms with E-state index in [2.05, 4.69) is 22.2 Å². The van der Waals surface area contributed by atoms with E-state index in [0.29, 0.717) is 10.3 Å². The zero-order chi connectivity index (χ0) is 17.1. The number of hydrogen-bond acceptors (Lipinski definition) is 2. The molecule has 0 spiro atoms. The lowest BCUT2D eigenvalue weighted by Crippen LogP contribution is -1.95. The van der Waals surface area contributed by atoms with Crippen molar-refractivity contribution in [3.63, 3.8) is 0 Å². The number of halogens is 2. The summed E-state index contributed by atoms with van der Waals surface area (Å²) in [6, 6.07) is 17.8. The Labute approximate surface area is 150 Å². The normalized spacial score (nSPS) is 10.7. The Kier molecular flexibility index (Phi) is 5.03. The van der Waals surface area contributed by atoms with Crippen LogP contribution >= 0.6 is 23.2 Å². The van der Waals surface area contributed by atoms with E-state index < -0.39 is 0 Å². The third-order valence-corrected chi connectivity index (χ3v) is 4.09. The number of benzene rings is 2. The van der Waals surface area contributed by atoms with E-state index in [0.717, 1.165) is 28.5 Å². The van der Waals surface area contributed by atoms with Gasteiger partial charge in [-0.15, -0.1) is 0 Å². The van der Waals surface area contributed by atoms with Gasteiger partial charge in [-0.05, 0) is 41.4 Å². The first-order valence-electron chi connectivity index (χ1n) is 7.88. The second kappa shape index (κ2) is 7.20. The first kappa shape index (κ1) is 16.7. The maximum Gasteiger partial charge on any atom is 0.224 e. The summed E-state index contributed by atoms with van der Waals surface area (Å²) in [5, 5.41) is 6.54. The Morgan fingerprint density at radius 2 is 1.71 bits per heavy atom. The van der Waals surface area contributed by atoms with E-state index in [-0.39, 0.29) is 0 Å². The molecule has 4 rings (SSSR count). The smallest absolute Gasteiger partial charge is 0.218 e. The standard InChI is InChI=1S/C17H11Cl2N3.C2H6/c18-12-6-7-15-14(9-12)16-10-13(21-22(16)17(19)20-15)8-11-4-2-1-3-5-11;1-2/h1-7,9-10H,8H2;1-2H3. The van der Waals surface area contributed by atoms with E-state index in [1.807, 2.05) is 56.3 Å². The van der Waals surface area contributed by atoms with Crippen molar-refractivity contribution in [1.82, 2.24) is 14.6 Å². The molecule has 0 aliphatic heterocycles. The van der Waals surface area contributed by atoms with Crippen LogP contribution in [0.25, 0.3) is 16.4 Å². The molecular formula is C19H17Cl2N3. The molecule has 0 saturated carbocycles. The van der Waals surface area contributed by atoms with Crippen LogP contribution in [0.4, 0.5) is 0 Å². The van der Waals surface area contributed by atoms with Crippen molar-refractivity contribution in [3.05, 3.63) is 76.2 Å².